The summed E-state index contributed by atoms with van der Waals surface area (Å²) >= 11 is 0. The third-order valence-corrected chi connectivity index (χ3v) is 11.0. The van der Waals surface area contributed by atoms with Crippen LogP contribution in [0.25, 0.3) is 32.9 Å². The molecule has 6 heterocycles. The third kappa shape index (κ3) is 4.88. The van der Waals surface area contributed by atoms with E-state index in [4.69, 9.17) is 20.2 Å². The largest absolute Gasteiger partial charge is 0.508 e. The fraction of sp³-hybridized carbons (Fsp3) is 0.500. The minimum absolute atomic E-state index is 0.0426. The van der Waals surface area contributed by atoms with Crippen molar-refractivity contribution >= 4 is 27.5 Å². The standard InChI is InChI=1S/C34H36F4N6O3/c1-18-30(39)33(16-46-18)6-9-43(10-7-33)31-23-14-40-28(22-12-21(45)11-19-3-4-24(36)26(37)25(19)22)27(38)29(23)41-32(42-31)47-17-34-5-2-8-44(34)15-20(35)13-34/h3-4,11-12,14,18,20,30,45H,2,5-10,13,15-17,39H2,1H3/t18-,20+,30+,34-/m0/s1. The highest BCUT2D eigenvalue weighted by Crippen LogP contribution is 2.44. The van der Waals surface area contributed by atoms with E-state index in [1.54, 1.807) is 0 Å². The first-order chi connectivity index (χ1) is 22.6. The van der Waals surface area contributed by atoms with Crippen LogP contribution in [0.4, 0.5) is 23.4 Å². The average Bonchev–Trinajstić information content (AvgIpc) is 3.68. The predicted molar refractivity (Wildman–Crippen MR) is 168 cm³/mol. The molecule has 9 nitrogen and oxygen atoms in total. The van der Waals surface area contributed by atoms with E-state index in [1.807, 2.05) is 11.8 Å². The van der Waals surface area contributed by atoms with Crippen LogP contribution in [0.2, 0.25) is 0 Å². The summed E-state index contributed by atoms with van der Waals surface area (Å²) in [5.41, 5.74) is 5.36. The van der Waals surface area contributed by atoms with Crippen LogP contribution in [0.3, 0.4) is 0 Å². The first-order valence-corrected chi connectivity index (χ1v) is 16.2. The summed E-state index contributed by atoms with van der Waals surface area (Å²) < 4.78 is 72.8. The zero-order valence-corrected chi connectivity index (χ0v) is 26.0. The Balaban J connectivity index is 1.22. The molecule has 248 valence electrons. The number of aromatic hydroxyl groups is 1. The Morgan fingerprint density at radius 1 is 1.09 bits per heavy atom. The molecule has 3 N–H and O–H groups in total. The maximum Gasteiger partial charge on any atom is 0.319 e. The van der Waals surface area contributed by atoms with E-state index in [0.29, 0.717) is 43.9 Å². The molecule has 47 heavy (non-hydrogen) atoms. The van der Waals surface area contributed by atoms with Crippen LogP contribution >= 0.6 is 0 Å². The first-order valence-electron chi connectivity index (χ1n) is 16.2. The number of pyridine rings is 1. The molecule has 4 aliphatic heterocycles. The van der Waals surface area contributed by atoms with Crippen molar-refractivity contribution in [3.05, 3.63) is 47.9 Å². The molecule has 4 fully saturated rings. The molecule has 4 aromatic rings. The molecule has 1 spiro atoms. The predicted octanol–water partition coefficient (Wildman–Crippen LogP) is 5.26. The van der Waals surface area contributed by atoms with Crippen molar-refractivity contribution in [2.75, 3.05) is 44.3 Å². The van der Waals surface area contributed by atoms with Gasteiger partial charge in [-0.2, -0.15) is 9.97 Å². The molecular formula is C34H36F4N6O3. The van der Waals surface area contributed by atoms with Crippen molar-refractivity contribution in [1.82, 2.24) is 19.9 Å². The van der Waals surface area contributed by atoms with Gasteiger partial charge in [0.05, 0.1) is 23.6 Å². The normalized spacial score (nSPS) is 27.4. The first kappa shape index (κ1) is 30.5. The van der Waals surface area contributed by atoms with Crippen LogP contribution < -0.4 is 15.4 Å². The van der Waals surface area contributed by atoms with Crippen molar-refractivity contribution in [1.29, 1.82) is 0 Å². The Labute approximate surface area is 268 Å². The zero-order valence-electron chi connectivity index (χ0n) is 26.0. The number of rotatable bonds is 5. The quantitative estimate of drug-likeness (QED) is 0.279. The lowest BCUT2D eigenvalue weighted by Gasteiger charge is -2.41. The van der Waals surface area contributed by atoms with Gasteiger partial charge in [0, 0.05) is 54.7 Å². The molecule has 8 rings (SSSR count). The summed E-state index contributed by atoms with van der Waals surface area (Å²) in [5, 5.41) is 10.7. The van der Waals surface area contributed by atoms with Gasteiger partial charge in [0.25, 0.3) is 0 Å². The second-order valence-electron chi connectivity index (χ2n) is 13.7. The van der Waals surface area contributed by atoms with E-state index in [2.05, 4.69) is 14.9 Å². The van der Waals surface area contributed by atoms with Gasteiger partial charge in [-0.3, -0.25) is 9.88 Å². The summed E-state index contributed by atoms with van der Waals surface area (Å²) in [5.74, 6) is -3.03. The van der Waals surface area contributed by atoms with Gasteiger partial charge in [0.2, 0.25) is 0 Å². The van der Waals surface area contributed by atoms with Gasteiger partial charge in [-0.1, -0.05) is 6.07 Å². The maximum absolute atomic E-state index is 16.7. The highest BCUT2D eigenvalue weighted by atomic mass is 19.2. The molecule has 0 aliphatic carbocycles. The Morgan fingerprint density at radius 2 is 1.89 bits per heavy atom. The van der Waals surface area contributed by atoms with Crippen molar-refractivity contribution < 1.29 is 32.1 Å². The number of piperidine rings is 1. The van der Waals surface area contributed by atoms with Gasteiger partial charge < -0.3 is 25.2 Å². The van der Waals surface area contributed by atoms with Gasteiger partial charge in [-0.05, 0) is 62.7 Å². The third-order valence-electron chi connectivity index (χ3n) is 11.0. The van der Waals surface area contributed by atoms with E-state index in [9.17, 15) is 13.9 Å². The number of hydrogen-bond acceptors (Lipinski definition) is 9. The van der Waals surface area contributed by atoms with Gasteiger partial charge >= 0.3 is 6.01 Å². The molecule has 0 unspecified atom stereocenters. The van der Waals surface area contributed by atoms with Crippen molar-refractivity contribution in [2.24, 2.45) is 11.1 Å². The topological polar surface area (TPSA) is 110 Å². The minimum atomic E-state index is -1.18. The highest BCUT2D eigenvalue weighted by Gasteiger charge is 2.50. The Morgan fingerprint density at radius 3 is 2.66 bits per heavy atom. The Hall–Kier alpha value is -3.81. The molecule has 0 bridgehead atoms. The van der Waals surface area contributed by atoms with Crippen LogP contribution in [-0.2, 0) is 4.74 Å². The molecule has 4 saturated heterocycles. The number of ether oxygens (including phenoxy) is 2. The summed E-state index contributed by atoms with van der Waals surface area (Å²) in [6, 6.07) is 4.51. The van der Waals surface area contributed by atoms with Crippen LogP contribution in [0.5, 0.6) is 11.8 Å². The van der Waals surface area contributed by atoms with E-state index in [0.717, 1.165) is 44.4 Å². The number of halogens is 4. The summed E-state index contributed by atoms with van der Waals surface area (Å²) in [4.78, 5) is 17.8. The Bertz CT molecular complexity index is 1890. The number of nitrogens with zero attached hydrogens (tertiary/aromatic N) is 5. The van der Waals surface area contributed by atoms with E-state index in [1.165, 1.54) is 18.3 Å². The molecule has 4 atom stereocenters. The van der Waals surface area contributed by atoms with Gasteiger partial charge in [-0.15, -0.1) is 0 Å². The lowest BCUT2D eigenvalue weighted by atomic mass is 9.73. The van der Waals surface area contributed by atoms with Crippen LogP contribution in [-0.4, -0.2) is 88.2 Å². The lowest BCUT2D eigenvalue weighted by Crippen LogP contribution is -2.50. The maximum atomic E-state index is 16.7. The SMILES string of the molecule is C[C@@H]1OCC2(CCN(c3nc(OC[C@@]45CCCN4C[C@H](F)C5)nc4c(F)c(-c5cc(O)cc6ccc(F)c(F)c56)ncc34)CC2)[C@@H]1N. The highest BCUT2D eigenvalue weighted by molar-refractivity contribution is 6.00. The molecule has 4 aliphatic rings. The van der Waals surface area contributed by atoms with Gasteiger partial charge in [-0.25, -0.2) is 17.6 Å². The number of nitrogens with two attached hydrogens (primary N) is 1. The van der Waals surface area contributed by atoms with E-state index < -0.39 is 29.2 Å². The van der Waals surface area contributed by atoms with Crippen molar-refractivity contribution in [2.45, 2.75) is 62.9 Å². The minimum Gasteiger partial charge on any atom is -0.508 e. The van der Waals surface area contributed by atoms with Crippen LogP contribution in [0.15, 0.2) is 30.5 Å². The van der Waals surface area contributed by atoms with Crippen LogP contribution in [0, 0.1) is 22.9 Å². The summed E-state index contributed by atoms with van der Waals surface area (Å²) in [7, 11) is 0. The second kappa shape index (κ2) is 11.1. The summed E-state index contributed by atoms with van der Waals surface area (Å²) in [6.07, 6.45) is 3.95. The van der Waals surface area contributed by atoms with Crippen molar-refractivity contribution in [3.63, 3.8) is 0 Å². The average molecular weight is 653 g/mol. The zero-order chi connectivity index (χ0) is 32.7. The molecular weight excluding hydrogens is 616 g/mol. The van der Waals surface area contributed by atoms with Gasteiger partial charge in [0.15, 0.2) is 17.5 Å². The van der Waals surface area contributed by atoms with Gasteiger partial charge in [0.1, 0.15) is 35.6 Å². The smallest absolute Gasteiger partial charge is 0.319 e. The number of phenols is 1. The molecule has 2 aromatic carbocycles. The molecule has 2 aromatic heterocycles. The van der Waals surface area contributed by atoms with E-state index >= 15 is 8.78 Å². The molecule has 13 heteroatoms. The summed E-state index contributed by atoms with van der Waals surface area (Å²) in [6.45, 7) is 4.98. The number of alkyl halides is 1. The number of hydrogen-bond donors (Lipinski definition) is 2. The number of benzene rings is 2. The Kier molecular flexibility index (Phi) is 7.23. The molecule has 0 saturated carbocycles. The van der Waals surface area contributed by atoms with E-state index in [-0.39, 0.29) is 63.5 Å². The monoisotopic (exact) mass is 652 g/mol. The fourth-order valence-electron chi connectivity index (χ4n) is 8.37. The number of anilines is 1. The lowest BCUT2D eigenvalue weighted by molar-refractivity contribution is 0.0973. The number of aromatic nitrogens is 3. The van der Waals surface area contributed by atoms with Crippen LogP contribution in [0.1, 0.15) is 39.0 Å². The molecule has 0 radical (unpaired) electrons. The number of fused-ring (bicyclic) bond motifs is 3. The second-order valence-corrected chi connectivity index (χ2v) is 13.7. The van der Waals surface area contributed by atoms with Crippen molar-refractivity contribution in [3.8, 4) is 23.0 Å². The fourth-order valence-corrected chi connectivity index (χ4v) is 8.37. The number of phenolic OH excluding ortho intramolecular Hbond substituents is 1. The molecule has 0 amide bonds.